The Balaban J connectivity index is 1.55. The predicted molar refractivity (Wildman–Crippen MR) is 123 cm³/mol. The van der Waals surface area contributed by atoms with E-state index in [2.05, 4.69) is 9.50 Å². The summed E-state index contributed by atoms with van der Waals surface area (Å²) in [6, 6.07) is 0. The molecule has 0 heterocycles. The highest BCUT2D eigenvalue weighted by atomic mass is 32.2. The lowest BCUT2D eigenvalue weighted by molar-refractivity contribution is -0.190. The van der Waals surface area contributed by atoms with Gasteiger partial charge in [-0.2, -0.15) is 34.8 Å². The largest absolute Gasteiger partial charge is 0.534 e. The van der Waals surface area contributed by atoms with E-state index in [0.29, 0.717) is 25.7 Å². The number of rotatable bonds is 4. The van der Waals surface area contributed by atoms with Crippen molar-refractivity contribution in [2.45, 2.75) is 89.9 Å². The number of fused-ring (bicyclic) bond motifs is 5. The predicted octanol–water partition coefficient (Wildman–Crippen LogP) is 6.38. The van der Waals surface area contributed by atoms with E-state index in [9.17, 15) is 39.6 Å². The van der Waals surface area contributed by atoms with Crippen molar-refractivity contribution in [1.82, 2.24) is 5.32 Å². The second-order valence-electron chi connectivity index (χ2n) is 12.1. The van der Waals surface area contributed by atoms with Gasteiger partial charge in [0, 0.05) is 12.3 Å². The molecule has 5 nitrogen and oxygen atoms in total. The van der Waals surface area contributed by atoms with Crippen LogP contribution in [0.3, 0.4) is 0 Å². The van der Waals surface area contributed by atoms with Crippen molar-refractivity contribution in [1.29, 1.82) is 0 Å². The summed E-state index contributed by atoms with van der Waals surface area (Å²) in [6.07, 6.45) is 2.45. The van der Waals surface area contributed by atoms with E-state index in [0.717, 1.165) is 32.3 Å². The van der Waals surface area contributed by atoms with E-state index < -0.39 is 50.0 Å². The van der Waals surface area contributed by atoms with Gasteiger partial charge in [0.2, 0.25) is 5.91 Å². The smallest absolute Gasteiger partial charge is 0.381 e. The lowest BCUT2D eigenvalue weighted by Crippen LogP contribution is -2.57. The fraction of sp³-hybridized carbons (Fsp3) is 0.800. The summed E-state index contributed by atoms with van der Waals surface area (Å²) in [6.45, 7) is 5.95. The number of amides is 1. The number of carbonyl (C=O) groups excluding carboxylic acids is 1. The van der Waals surface area contributed by atoms with Gasteiger partial charge >= 0.3 is 21.8 Å². The summed E-state index contributed by atoms with van der Waals surface area (Å²) < 4.78 is 106. The highest BCUT2D eigenvalue weighted by Gasteiger charge is 2.61. The van der Waals surface area contributed by atoms with E-state index in [4.69, 9.17) is 0 Å². The summed E-state index contributed by atoms with van der Waals surface area (Å²) >= 11 is 0. The van der Waals surface area contributed by atoms with Crippen molar-refractivity contribution < 1.29 is 43.7 Å². The normalized spacial score (nSPS) is 36.5. The molecule has 2 saturated carbocycles. The molecule has 4 aliphatic rings. The Hall–Kier alpha value is -1.72. The van der Waals surface area contributed by atoms with Gasteiger partial charge in [0.15, 0.2) is 0 Å². The van der Waals surface area contributed by atoms with Crippen molar-refractivity contribution in [3.05, 3.63) is 23.5 Å². The van der Waals surface area contributed by atoms with Crippen molar-refractivity contribution in [2.24, 2.45) is 34.5 Å². The summed E-state index contributed by atoms with van der Waals surface area (Å²) in [5, 5.41) is 2.23. The number of hydrogen-bond acceptors (Lipinski definition) is 4. The molecule has 12 heteroatoms. The zero-order chi connectivity index (χ0) is 27.8. The van der Waals surface area contributed by atoms with Gasteiger partial charge in [0.1, 0.15) is 11.3 Å². The fourth-order valence-corrected chi connectivity index (χ4v) is 7.96. The maximum absolute atomic E-state index is 13.4. The topological polar surface area (TPSA) is 72.5 Å². The summed E-state index contributed by atoms with van der Waals surface area (Å²) in [4.78, 5) is 13.1. The molecular formula is C25H33F6NO4S. The van der Waals surface area contributed by atoms with Crippen LogP contribution in [0.2, 0.25) is 0 Å². The van der Waals surface area contributed by atoms with Crippen LogP contribution in [0.4, 0.5) is 26.3 Å². The molecule has 4 rings (SSSR count). The molecule has 0 bridgehead atoms. The lowest BCUT2D eigenvalue weighted by atomic mass is 9.48. The minimum atomic E-state index is -5.74. The quantitative estimate of drug-likeness (QED) is 0.247. The number of hydrogen-bond donors (Lipinski definition) is 1. The molecule has 0 aromatic carbocycles. The van der Waals surface area contributed by atoms with Crippen molar-refractivity contribution in [3.63, 3.8) is 0 Å². The number of allylic oxidation sites excluding steroid dienone is 4. The highest BCUT2D eigenvalue weighted by molar-refractivity contribution is 7.87. The Kier molecular flexibility index (Phi) is 6.61. The third kappa shape index (κ3) is 4.58. The van der Waals surface area contributed by atoms with Gasteiger partial charge in [-0.15, -0.1) is 0 Å². The lowest BCUT2D eigenvalue weighted by Gasteiger charge is -2.57. The second kappa shape index (κ2) is 8.64. The molecule has 2 fully saturated rings. The Bertz CT molecular complexity index is 1120. The van der Waals surface area contributed by atoms with Crippen LogP contribution in [0.15, 0.2) is 23.5 Å². The van der Waals surface area contributed by atoms with Crippen LogP contribution in [0.1, 0.15) is 72.6 Å². The van der Waals surface area contributed by atoms with Gasteiger partial charge in [-0.1, -0.05) is 19.9 Å². The van der Waals surface area contributed by atoms with E-state index in [1.807, 2.05) is 19.9 Å². The molecule has 210 valence electrons. The van der Waals surface area contributed by atoms with Crippen LogP contribution in [0, 0.1) is 34.5 Å². The number of halogens is 6. The van der Waals surface area contributed by atoms with E-state index in [1.54, 1.807) is 0 Å². The molecule has 0 radical (unpaired) electrons. The van der Waals surface area contributed by atoms with E-state index in [-0.39, 0.29) is 29.9 Å². The van der Waals surface area contributed by atoms with E-state index >= 15 is 0 Å². The first-order chi connectivity index (χ1) is 16.7. The molecular weight excluding hydrogens is 524 g/mol. The minimum absolute atomic E-state index is 0.0475. The first-order valence-electron chi connectivity index (χ1n) is 12.5. The molecule has 37 heavy (non-hydrogen) atoms. The Morgan fingerprint density at radius 2 is 1.68 bits per heavy atom. The molecule has 0 spiro atoms. The average Bonchev–Trinajstić information content (AvgIpc) is 3.09. The van der Waals surface area contributed by atoms with Crippen molar-refractivity contribution >= 4 is 16.0 Å². The summed E-state index contributed by atoms with van der Waals surface area (Å²) in [7, 11) is -5.74. The molecule has 0 unspecified atom stereocenters. The Morgan fingerprint density at radius 3 is 2.27 bits per heavy atom. The monoisotopic (exact) mass is 557 g/mol. The van der Waals surface area contributed by atoms with Gasteiger partial charge in [-0.3, -0.25) is 4.79 Å². The van der Waals surface area contributed by atoms with Crippen LogP contribution in [-0.4, -0.2) is 31.5 Å². The van der Waals surface area contributed by atoms with Crippen LogP contribution in [0.25, 0.3) is 0 Å². The molecule has 1 N–H and O–H groups in total. The second-order valence-corrected chi connectivity index (χ2v) is 13.6. The van der Waals surface area contributed by atoms with Crippen LogP contribution >= 0.6 is 0 Å². The maximum Gasteiger partial charge on any atom is 0.534 e. The van der Waals surface area contributed by atoms with Gasteiger partial charge in [0.25, 0.3) is 0 Å². The summed E-state index contributed by atoms with van der Waals surface area (Å²) in [5.74, 6) is -0.871. The number of nitrogens with one attached hydrogen (secondary N) is 1. The minimum Gasteiger partial charge on any atom is -0.381 e. The maximum atomic E-state index is 13.4. The Labute approximate surface area is 213 Å². The molecule has 0 saturated heterocycles. The summed E-state index contributed by atoms with van der Waals surface area (Å²) in [5.41, 5.74) is -7.92. The molecule has 4 aliphatic carbocycles. The van der Waals surface area contributed by atoms with Crippen LogP contribution in [-0.2, 0) is 19.1 Å². The SMILES string of the molecule is CC(C)(NC(=O)[C@H]1CC[C@H]2[C@@H]3CC=C4C=C(OS(=O)(=O)C(F)(F)F)CC[C@]4(C)[C@H]3CC[C@]12C)C(F)(F)F. The van der Waals surface area contributed by atoms with Gasteiger partial charge in [0.05, 0.1) is 0 Å². The van der Waals surface area contributed by atoms with Gasteiger partial charge < -0.3 is 9.50 Å². The van der Waals surface area contributed by atoms with Gasteiger partial charge in [-0.05, 0) is 92.6 Å². The standard InChI is InChI=1S/C25H33F6NO4S/c1-21(2,24(26,27)28)32-20(33)19-8-7-17-16-6-5-14-13-15(36-37(34,35)25(29,30)31)9-11-22(14,3)18(16)10-12-23(17,19)4/h5,13,16-19H,6-12H2,1-4H3,(H,32,33)/t16-,17-,18-,19+,22-,23-/m0/s1. The molecule has 0 aliphatic heterocycles. The van der Waals surface area contributed by atoms with Crippen molar-refractivity contribution in [2.75, 3.05) is 0 Å². The first kappa shape index (κ1) is 28.3. The molecule has 1 amide bonds. The fourth-order valence-electron chi connectivity index (χ4n) is 7.45. The molecule has 0 aromatic heterocycles. The third-order valence-electron chi connectivity index (χ3n) is 9.69. The van der Waals surface area contributed by atoms with Crippen LogP contribution < -0.4 is 5.32 Å². The van der Waals surface area contributed by atoms with Crippen LogP contribution in [0.5, 0.6) is 0 Å². The zero-order valence-electron chi connectivity index (χ0n) is 21.2. The highest BCUT2D eigenvalue weighted by Crippen LogP contribution is 2.66. The van der Waals surface area contributed by atoms with Crippen molar-refractivity contribution in [3.8, 4) is 0 Å². The third-order valence-corrected chi connectivity index (χ3v) is 10.7. The number of carbonyl (C=O) groups is 1. The van der Waals surface area contributed by atoms with E-state index in [1.165, 1.54) is 6.08 Å². The average molecular weight is 558 g/mol. The molecule has 6 atom stereocenters. The Morgan fingerprint density at radius 1 is 1.03 bits per heavy atom. The van der Waals surface area contributed by atoms with Gasteiger partial charge in [-0.25, -0.2) is 0 Å². The number of alkyl halides is 6. The zero-order valence-corrected chi connectivity index (χ0v) is 22.0. The molecule has 0 aromatic rings. The first-order valence-corrected chi connectivity index (χ1v) is 13.9.